The number of hydrazine groups is 1. The van der Waals surface area contributed by atoms with Crippen LogP contribution in [-0.4, -0.2) is 16.0 Å². The summed E-state index contributed by atoms with van der Waals surface area (Å²) in [7, 11) is 0. The lowest BCUT2D eigenvalue weighted by atomic mass is 9.63. The summed E-state index contributed by atoms with van der Waals surface area (Å²) in [6, 6.07) is 0.433. The zero-order valence-corrected chi connectivity index (χ0v) is 14.2. The van der Waals surface area contributed by atoms with Crippen molar-refractivity contribution in [2.45, 2.75) is 66.8 Å². The summed E-state index contributed by atoms with van der Waals surface area (Å²) in [5.74, 6) is 7.86. The first-order chi connectivity index (χ1) is 9.62. The minimum atomic E-state index is 0.352. The van der Waals surface area contributed by atoms with Crippen LogP contribution in [0.4, 0.5) is 11.6 Å². The lowest BCUT2D eigenvalue weighted by Crippen LogP contribution is -2.40. The van der Waals surface area contributed by atoms with E-state index < -0.39 is 0 Å². The molecule has 5 nitrogen and oxygen atoms in total. The molecule has 1 aliphatic rings. The number of hydrogen-bond acceptors (Lipinski definition) is 5. The molecule has 1 heterocycles. The maximum atomic E-state index is 5.54. The van der Waals surface area contributed by atoms with E-state index in [1.54, 1.807) is 0 Å². The van der Waals surface area contributed by atoms with Crippen molar-refractivity contribution < 1.29 is 0 Å². The third-order valence-electron chi connectivity index (χ3n) is 4.29. The molecule has 0 radical (unpaired) electrons. The van der Waals surface area contributed by atoms with Crippen LogP contribution in [0.25, 0.3) is 0 Å². The lowest BCUT2D eigenvalue weighted by molar-refractivity contribution is 0.105. The molecule has 1 aromatic heterocycles. The fraction of sp³-hybridized carbons (Fsp3) is 0.750. The SMILES string of the molecule is Cc1nc(NN)c(C)c(NC2CC(C)(C)CC(C)(C)C2)n1. The van der Waals surface area contributed by atoms with Crippen molar-refractivity contribution in [3.8, 4) is 0 Å². The predicted molar refractivity (Wildman–Crippen MR) is 88.1 cm³/mol. The summed E-state index contributed by atoms with van der Waals surface area (Å²) in [6.07, 6.45) is 3.57. The van der Waals surface area contributed by atoms with Gasteiger partial charge in [0, 0.05) is 11.6 Å². The van der Waals surface area contributed by atoms with Crippen LogP contribution in [0.15, 0.2) is 0 Å². The van der Waals surface area contributed by atoms with Gasteiger partial charge >= 0.3 is 0 Å². The second kappa shape index (κ2) is 5.44. The van der Waals surface area contributed by atoms with Crippen LogP contribution < -0.4 is 16.6 Å². The number of nitrogen functional groups attached to an aromatic ring is 1. The van der Waals surface area contributed by atoms with Gasteiger partial charge < -0.3 is 10.7 Å². The fourth-order valence-corrected chi connectivity index (χ4v) is 4.05. The van der Waals surface area contributed by atoms with Gasteiger partial charge in [-0.05, 0) is 43.9 Å². The molecule has 1 saturated carbocycles. The van der Waals surface area contributed by atoms with Crippen LogP contribution in [0, 0.1) is 24.7 Å². The zero-order valence-electron chi connectivity index (χ0n) is 14.2. The van der Waals surface area contributed by atoms with Crippen molar-refractivity contribution >= 4 is 11.6 Å². The molecule has 4 N–H and O–H groups in total. The van der Waals surface area contributed by atoms with E-state index in [2.05, 4.69) is 48.4 Å². The number of anilines is 2. The Morgan fingerprint density at radius 1 is 1.00 bits per heavy atom. The quantitative estimate of drug-likeness (QED) is 0.588. The van der Waals surface area contributed by atoms with E-state index >= 15 is 0 Å². The van der Waals surface area contributed by atoms with Crippen molar-refractivity contribution in [1.29, 1.82) is 0 Å². The molecule has 0 aromatic carbocycles. The summed E-state index contributed by atoms with van der Waals surface area (Å²) in [4.78, 5) is 8.87. The number of nitrogens with one attached hydrogen (secondary N) is 2. The molecule has 0 aliphatic heterocycles. The molecule has 1 aromatic rings. The monoisotopic (exact) mass is 291 g/mol. The Balaban J connectivity index is 2.24. The number of nitrogens with zero attached hydrogens (tertiary/aromatic N) is 2. The van der Waals surface area contributed by atoms with Gasteiger partial charge in [0.2, 0.25) is 0 Å². The minimum absolute atomic E-state index is 0.352. The van der Waals surface area contributed by atoms with Gasteiger partial charge in [-0.1, -0.05) is 27.7 Å². The van der Waals surface area contributed by atoms with Gasteiger partial charge in [-0.15, -0.1) is 0 Å². The molecule has 1 aliphatic carbocycles. The molecule has 2 rings (SSSR count). The molecule has 0 amide bonds. The van der Waals surface area contributed by atoms with Crippen LogP contribution in [0.1, 0.15) is 58.3 Å². The molecule has 0 unspecified atom stereocenters. The molecule has 1 fully saturated rings. The van der Waals surface area contributed by atoms with E-state index in [9.17, 15) is 0 Å². The first-order valence-electron chi connectivity index (χ1n) is 7.70. The van der Waals surface area contributed by atoms with Crippen molar-refractivity contribution in [2.75, 3.05) is 10.7 Å². The van der Waals surface area contributed by atoms with E-state index in [1.807, 2.05) is 13.8 Å². The predicted octanol–water partition coefficient (Wildman–Crippen LogP) is 3.40. The second-order valence-electron chi connectivity index (χ2n) is 7.99. The van der Waals surface area contributed by atoms with Gasteiger partial charge in [0.05, 0.1) is 0 Å². The second-order valence-corrected chi connectivity index (χ2v) is 7.99. The summed E-state index contributed by atoms with van der Waals surface area (Å²) < 4.78 is 0. The first kappa shape index (κ1) is 16.0. The Bertz CT molecular complexity index is 506. The number of hydrogen-bond donors (Lipinski definition) is 3. The Kier molecular flexibility index (Phi) is 4.15. The van der Waals surface area contributed by atoms with Crippen molar-refractivity contribution in [3.63, 3.8) is 0 Å². The standard InChI is InChI=1S/C16H29N5/c1-10-13(18-11(2)19-14(10)21-17)20-12-7-15(3,4)9-16(5,6)8-12/h12H,7-9,17H2,1-6H3,(H2,18,19,20,21). The molecular weight excluding hydrogens is 262 g/mol. The third-order valence-corrected chi connectivity index (χ3v) is 4.29. The van der Waals surface area contributed by atoms with Gasteiger partial charge in [-0.2, -0.15) is 0 Å². The van der Waals surface area contributed by atoms with E-state index in [4.69, 9.17) is 5.84 Å². The summed E-state index contributed by atoms with van der Waals surface area (Å²) in [6.45, 7) is 13.3. The highest BCUT2D eigenvalue weighted by atomic mass is 15.3. The van der Waals surface area contributed by atoms with Crippen molar-refractivity contribution in [1.82, 2.24) is 9.97 Å². The summed E-state index contributed by atoms with van der Waals surface area (Å²) in [5.41, 5.74) is 4.33. The molecule has 0 bridgehead atoms. The lowest BCUT2D eigenvalue weighted by Gasteiger charge is -2.45. The molecule has 21 heavy (non-hydrogen) atoms. The average Bonchev–Trinajstić information content (AvgIpc) is 2.29. The van der Waals surface area contributed by atoms with Crippen molar-refractivity contribution in [3.05, 3.63) is 11.4 Å². The summed E-state index contributed by atoms with van der Waals surface area (Å²) in [5, 5.41) is 3.63. The molecule has 0 saturated heterocycles. The topological polar surface area (TPSA) is 75.9 Å². The third kappa shape index (κ3) is 3.84. The van der Waals surface area contributed by atoms with Gasteiger partial charge in [0.15, 0.2) is 0 Å². The molecule has 118 valence electrons. The average molecular weight is 291 g/mol. The van der Waals surface area contributed by atoms with Gasteiger partial charge in [-0.3, -0.25) is 0 Å². The van der Waals surface area contributed by atoms with E-state index in [0.717, 1.165) is 30.0 Å². The van der Waals surface area contributed by atoms with Gasteiger partial charge in [0.1, 0.15) is 17.5 Å². The van der Waals surface area contributed by atoms with E-state index in [0.29, 0.717) is 22.7 Å². The fourth-order valence-electron chi connectivity index (χ4n) is 4.05. The number of nitrogens with two attached hydrogens (primary N) is 1. The summed E-state index contributed by atoms with van der Waals surface area (Å²) >= 11 is 0. The Morgan fingerprint density at radius 2 is 1.52 bits per heavy atom. The van der Waals surface area contributed by atoms with Crippen LogP contribution in [-0.2, 0) is 0 Å². The molecular formula is C16H29N5. The first-order valence-corrected chi connectivity index (χ1v) is 7.70. The van der Waals surface area contributed by atoms with Gasteiger partial charge in [-0.25, -0.2) is 15.8 Å². The van der Waals surface area contributed by atoms with Crippen LogP contribution in [0.2, 0.25) is 0 Å². The van der Waals surface area contributed by atoms with Gasteiger partial charge in [0.25, 0.3) is 0 Å². The molecule has 0 atom stereocenters. The smallest absolute Gasteiger partial charge is 0.148 e. The van der Waals surface area contributed by atoms with E-state index in [1.165, 1.54) is 6.42 Å². The highest BCUT2D eigenvalue weighted by molar-refractivity contribution is 5.57. The Morgan fingerprint density at radius 3 is 2.05 bits per heavy atom. The van der Waals surface area contributed by atoms with Crippen LogP contribution in [0.3, 0.4) is 0 Å². The number of aryl methyl sites for hydroxylation is 1. The normalized spacial score (nSPS) is 21.1. The maximum Gasteiger partial charge on any atom is 0.148 e. The molecule has 5 heteroatoms. The Labute approximate surface area is 128 Å². The molecule has 0 spiro atoms. The highest BCUT2D eigenvalue weighted by Gasteiger charge is 2.38. The largest absolute Gasteiger partial charge is 0.367 e. The number of aromatic nitrogens is 2. The zero-order chi connectivity index (χ0) is 15.8. The highest BCUT2D eigenvalue weighted by Crippen LogP contribution is 2.46. The Hall–Kier alpha value is -1.36. The minimum Gasteiger partial charge on any atom is -0.367 e. The number of rotatable bonds is 3. The van der Waals surface area contributed by atoms with Crippen LogP contribution in [0.5, 0.6) is 0 Å². The maximum absolute atomic E-state index is 5.54. The van der Waals surface area contributed by atoms with E-state index in [-0.39, 0.29) is 0 Å². The van der Waals surface area contributed by atoms with Crippen LogP contribution >= 0.6 is 0 Å². The van der Waals surface area contributed by atoms with Crippen molar-refractivity contribution in [2.24, 2.45) is 16.7 Å².